The average Bonchev–Trinajstić information content (AvgIpc) is 2.83. The van der Waals surface area contributed by atoms with E-state index in [2.05, 4.69) is 33.6 Å². The lowest BCUT2D eigenvalue weighted by Crippen LogP contribution is -2.37. The van der Waals surface area contributed by atoms with Gasteiger partial charge in [-0.3, -0.25) is 15.0 Å². The highest BCUT2D eigenvalue weighted by Gasteiger charge is 2.18. The van der Waals surface area contributed by atoms with Crippen molar-refractivity contribution in [3.8, 4) is 0 Å². The highest BCUT2D eigenvalue weighted by atomic mass is 16.5. The Bertz CT molecular complexity index is 621. The zero-order valence-electron chi connectivity index (χ0n) is 11.4. The van der Waals surface area contributed by atoms with Crippen molar-refractivity contribution < 1.29 is 9.32 Å². The van der Waals surface area contributed by atoms with Crippen LogP contribution in [0.2, 0.25) is 0 Å². The number of fused-ring (bicyclic) bond motifs is 1. The summed E-state index contributed by atoms with van der Waals surface area (Å²) in [4.78, 5) is 14.1. The molecule has 2 aromatic rings. The van der Waals surface area contributed by atoms with E-state index in [0.717, 1.165) is 25.2 Å². The number of carbonyl (C=O) groups is 1. The Morgan fingerprint density at radius 3 is 2.95 bits per heavy atom. The van der Waals surface area contributed by atoms with Crippen molar-refractivity contribution in [1.82, 2.24) is 10.1 Å². The van der Waals surface area contributed by atoms with Gasteiger partial charge in [-0.1, -0.05) is 29.4 Å². The first-order valence-corrected chi connectivity index (χ1v) is 6.73. The van der Waals surface area contributed by atoms with Gasteiger partial charge in [0, 0.05) is 19.2 Å². The first kappa shape index (κ1) is 12.9. The minimum atomic E-state index is -0.0690. The van der Waals surface area contributed by atoms with Crippen molar-refractivity contribution in [3.05, 3.63) is 47.2 Å². The molecule has 20 heavy (non-hydrogen) atoms. The maximum atomic E-state index is 12.0. The van der Waals surface area contributed by atoms with E-state index in [4.69, 9.17) is 4.52 Å². The second-order valence-corrected chi connectivity index (χ2v) is 5.11. The highest BCUT2D eigenvalue weighted by molar-refractivity contribution is 5.90. The predicted molar refractivity (Wildman–Crippen MR) is 75.3 cm³/mol. The third-order valence-corrected chi connectivity index (χ3v) is 3.47. The molecule has 1 amide bonds. The number of nitrogens with one attached hydrogen (secondary N) is 1. The lowest BCUT2D eigenvalue weighted by atomic mass is 10.00. The summed E-state index contributed by atoms with van der Waals surface area (Å²) in [6, 6.07) is 10.1. The Labute approximate surface area is 117 Å². The van der Waals surface area contributed by atoms with Crippen LogP contribution in [-0.4, -0.2) is 29.1 Å². The van der Waals surface area contributed by atoms with Crippen LogP contribution in [0.5, 0.6) is 0 Å². The van der Waals surface area contributed by atoms with E-state index in [-0.39, 0.29) is 5.91 Å². The summed E-state index contributed by atoms with van der Waals surface area (Å²) in [5.74, 6) is 0.338. The van der Waals surface area contributed by atoms with Crippen molar-refractivity contribution in [2.24, 2.45) is 0 Å². The van der Waals surface area contributed by atoms with Gasteiger partial charge in [0.2, 0.25) is 11.8 Å². The molecule has 5 heteroatoms. The van der Waals surface area contributed by atoms with Crippen molar-refractivity contribution in [2.75, 3.05) is 18.4 Å². The fraction of sp³-hybridized carbons (Fsp3) is 0.333. The molecule has 1 aliphatic heterocycles. The fourth-order valence-electron chi connectivity index (χ4n) is 2.49. The Morgan fingerprint density at radius 2 is 2.20 bits per heavy atom. The molecule has 2 heterocycles. The first-order valence-electron chi connectivity index (χ1n) is 6.73. The van der Waals surface area contributed by atoms with Gasteiger partial charge in [0.15, 0.2) is 0 Å². The number of benzene rings is 1. The first-order chi connectivity index (χ1) is 9.70. The third kappa shape index (κ3) is 2.88. The van der Waals surface area contributed by atoms with E-state index in [0.29, 0.717) is 12.4 Å². The van der Waals surface area contributed by atoms with Crippen molar-refractivity contribution >= 4 is 11.8 Å². The molecule has 0 unspecified atom stereocenters. The van der Waals surface area contributed by atoms with Crippen LogP contribution in [0.25, 0.3) is 0 Å². The van der Waals surface area contributed by atoms with E-state index < -0.39 is 0 Å². The molecular formula is C15H17N3O2. The molecular weight excluding hydrogens is 254 g/mol. The summed E-state index contributed by atoms with van der Waals surface area (Å²) in [5, 5.41) is 6.47. The number of carbonyl (C=O) groups excluding carboxylic acids is 1. The third-order valence-electron chi connectivity index (χ3n) is 3.47. The van der Waals surface area contributed by atoms with Crippen LogP contribution in [0.3, 0.4) is 0 Å². The van der Waals surface area contributed by atoms with Crippen LogP contribution in [0.4, 0.5) is 5.88 Å². The highest BCUT2D eigenvalue weighted by Crippen LogP contribution is 2.18. The van der Waals surface area contributed by atoms with Gasteiger partial charge in [0.1, 0.15) is 0 Å². The molecule has 1 aliphatic rings. The van der Waals surface area contributed by atoms with Gasteiger partial charge in [-0.2, -0.15) is 0 Å². The summed E-state index contributed by atoms with van der Waals surface area (Å²) < 4.78 is 4.98. The van der Waals surface area contributed by atoms with E-state index in [1.807, 2.05) is 13.0 Å². The van der Waals surface area contributed by atoms with Crippen molar-refractivity contribution in [2.45, 2.75) is 19.9 Å². The summed E-state index contributed by atoms with van der Waals surface area (Å²) in [6.07, 6.45) is 0.991. The van der Waals surface area contributed by atoms with Crippen LogP contribution in [0.15, 0.2) is 34.9 Å². The van der Waals surface area contributed by atoms with Crippen molar-refractivity contribution in [1.29, 1.82) is 0 Å². The average molecular weight is 271 g/mol. The van der Waals surface area contributed by atoms with Gasteiger partial charge in [-0.05, 0) is 24.5 Å². The van der Waals surface area contributed by atoms with Crippen LogP contribution < -0.4 is 5.32 Å². The van der Waals surface area contributed by atoms with Gasteiger partial charge in [-0.15, -0.1) is 0 Å². The standard InChI is InChI=1S/C15H17N3O2/c1-11-8-15(20-17-11)16-14(19)10-18-7-6-12-4-2-3-5-13(12)9-18/h2-5,8H,6-7,9-10H2,1H3,(H,16,19). The van der Waals surface area contributed by atoms with E-state index >= 15 is 0 Å². The van der Waals surface area contributed by atoms with Gasteiger partial charge in [0.25, 0.3) is 0 Å². The van der Waals surface area contributed by atoms with Gasteiger partial charge >= 0.3 is 0 Å². The summed E-state index contributed by atoms with van der Waals surface area (Å²) >= 11 is 0. The molecule has 3 rings (SSSR count). The van der Waals surface area contributed by atoms with Crippen LogP contribution in [-0.2, 0) is 17.8 Å². The van der Waals surface area contributed by atoms with Crippen molar-refractivity contribution in [3.63, 3.8) is 0 Å². The molecule has 0 bridgehead atoms. The maximum absolute atomic E-state index is 12.0. The molecule has 0 fully saturated rings. The Balaban J connectivity index is 1.58. The number of anilines is 1. The fourth-order valence-corrected chi connectivity index (χ4v) is 2.49. The maximum Gasteiger partial charge on any atom is 0.240 e. The molecule has 0 atom stereocenters. The predicted octanol–water partition coefficient (Wildman–Crippen LogP) is 1.98. The lowest BCUT2D eigenvalue weighted by molar-refractivity contribution is -0.117. The molecule has 104 valence electrons. The normalized spacial score (nSPS) is 14.8. The summed E-state index contributed by atoms with van der Waals surface area (Å²) in [7, 11) is 0. The smallest absolute Gasteiger partial charge is 0.240 e. The molecule has 0 radical (unpaired) electrons. The minimum Gasteiger partial charge on any atom is -0.338 e. The summed E-state index contributed by atoms with van der Waals surface area (Å²) in [5.41, 5.74) is 3.45. The number of hydrogen-bond acceptors (Lipinski definition) is 4. The SMILES string of the molecule is Cc1cc(NC(=O)CN2CCc3ccccc3C2)on1. The Hall–Kier alpha value is -2.14. The Kier molecular flexibility index (Phi) is 3.52. The second kappa shape index (κ2) is 5.46. The number of nitrogens with zero attached hydrogens (tertiary/aromatic N) is 2. The minimum absolute atomic E-state index is 0.0690. The zero-order valence-corrected chi connectivity index (χ0v) is 11.4. The second-order valence-electron chi connectivity index (χ2n) is 5.11. The monoisotopic (exact) mass is 271 g/mol. The molecule has 0 aliphatic carbocycles. The molecule has 0 saturated carbocycles. The largest absolute Gasteiger partial charge is 0.338 e. The zero-order chi connectivity index (χ0) is 13.9. The van der Waals surface area contributed by atoms with E-state index in [1.165, 1.54) is 11.1 Å². The number of hydrogen-bond donors (Lipinski definition) is 1. The summed E-state index contributed by atoms with van der Waals surface area (Å²) in [6.45, 7) is 3.91. The van der Waals surface area contributed by atoms with Crippen LogP contribution in [0.1, 0.15) is 16.8 Å². The van der Waals surface area contributed by atoms with E-state index in [9.17, 15) is 4.79 Å². The van der Waals surface area contributed by atoms with E-state index in [1.54, 1.807) is 6.07 Å². The molecule has 1 aromatic carbocycles. The van der Waals surface area contributed by atoms with Gasteiger partial charge in [-0.25, -0.2) is 0 Å². The molecule has 0 spiro atoms. The van der Waals surface area contributed by atoms with Gasteiger partial charge in [0.05, 0.1) is 12.2 Å². The number of aryl methyl sites for hydroxylation is 1. The number of rotatable bonds is 3. The van der Waals surface area contributed by atoms with Gasteiger partial charge < -0.3 is 4.52 Å². The molecule has 1 N–H and O–H groups in total. The Morgan fingerprint density at radius 1 is 1.40 bits per heavy atom. The molecule has 1 aromatic heterocycles. The lowest BCUT2D eigenvalue weighted by Gasteiger charge is -2.27. The topological polar surface area (TPSA) is 58.4 Å². The molecule has 0 saturated heterocycles. The number of amides is 1. The van der Waals surface area contributed by atoms with Crippen LogP contribution in [0, 0.1) is 6.92 Å². The number of aromatic nitrogens is 1. The quantitative estimate of drug-likeness (QED) is 0.927. The van der Waals surface area contributed by atoms with Crippen LogP contribution >= 0.6 is 0 Å². The molecule has 5 nitrogen and oxygen atoms in total.